The second-order valence-electron chi connectivity index (χ2n) is 6.91. The SMILES string of the molecule is CCCCOc1cccc(NC(=O)CSc2nc(C)cc(-c3cccnc3)c2C#N)c1. The summed E-state index contributed by atoms with van der Waals surface area (Å²) in [5.41, 5.74) is 3.51. The lowest BCUT2D eigenvalue weighted by Crippen LogP contribution is -2.14. The molecule has 2 aromatic heterocycles. The number of pyridine rings is 2. The van der Waals surface area contributed by atoms with Gasteiger partial charge >= 0.3 is 0 Å². The van der Waals surface area contributed by atoms with Crippen molar-refractivity contribution < 1.29 is 9.53 Å². The minimum Gasteiger partial charge on any atom is -0.494 e. The zero-order valence-corrected chi connectivity index (χ0v) is 18.4. The number of hydrogen-bond acceptors (Lipinski definition) is 6. The van der Waals surface area contributed by atoms with Crippen molar-refractivity contribution in [1.82, 2.24) is 9.97 Å². The first-order chi connectivity index (χ1) is 15.1. The zero-order valence-electron chi connectivity index (χ0n) is 17.6. The smallest absolute Gasteiger partial charge is 0.234 e. The first kappa shape index (κ1) is 22.3. The highest BCUT2D eigenvalue weighted by molar-refractivity contribution is 8.00. The van der Waals surface area contributed by atoms with Gasteiger partial charge in [0.25, 0.3) is 0 Å². The number of amides is 1. The third-order valence-corrected chi connectivity index (χ3v) is 5.40. The summed E-state index contributed by atoms with van der Waals surface area (Å²) >= 11 is 1.25. The van der Waals surface area contributed by atoms with Crippen LogP contribution in [0.1, 0.15) is 31.0 Å². The minimum atomic E-state index is -0.175. The summed E-state index contributed by atoms with van der Waals surface area (Å²) in [7, 11) is 0. The number of thioether (sulfide) groups is 1. The molecule has 0 radical (unpaired) electrons. The van der Waals surface area contributed by atoms with Gasteiger partial charge in [-0.1, -0.05) is 37.2 Å². The predicted molar refractivity (Wildman–Crippen MR) is 123 cm³/mol. The number of aryl methyl sites for hydroxylation is 1. The molecule has 0 unspecified atom stereocenters. The summed E-state index contributed by atoms with van der Waals surface area (Å²) < 4.78 is 5.69. The van der Waals surface area contributed by atoms with Crippen molar-refractivity contribution in [3.8, 4) is 22.9 Å². The standard InChI is InChI=1S/C24H24N4O2S/c1-3-4-11-30-20-9-5-8-19(13-20)28-23(29)16-31-24-22(14-25)21(12-17(2)27-24)18-7-6-10-26-15-18/h5-10,12-13,15H,3-4,11,16H2,1-2H3,(H,28,29). The van der Waals surface area contributed by atoms with E-state index < -0.39 is 0 Å². The van der Waals surface area contributed by atoms with Gasteiger partial charge < -0.3 is 10.1 Å². The van der Waals surface area contributed by atoms with E-state index in [1.54, 1.807) is 12.4 Å². The molecule has 0 aliphatic rings. The van der Waals surface area contributed by atoms with Crippen LogP contribution in [-0.4, -0.2) is 28.2 Å². The van der Waals surface area contributed by atoms with E-state index >= 15 is 0 Å². The molecule has 0 spiro atoms. The largest absolute Gasteiger partial charge is 0.494 e. The molecule has 3 aromatic rings. The Balaban J connectivity index is 1.69. The number of carbonyl (C=O) groups excluding carboxylic acids is 1. The third kappa shape index (κ3) is 6.30. The molecule has 31 heavy (non-hydrogen) atoms. The fourth-order valence-electron chi connectivity index (χ4n) is 2.94. The van der Waals surface area contributed by atoms with E-state index in [9.17, 15) is 10.1 Å². The van der Waals surface area contributed by atoms with Crippen molar-refractivity contribution in [3.63, 3.8) is 0 Å². The maximum atomic E-state index is 12.5. The molecule has 7 heteroatoms. The van der Waals surface area contributed by atoms with E-state index in [4.69, 9.17) is 4.74 Å². The number of nitrogens with zero attached hydrogens (tertiary/aromatic N) is 3. The fourth-order valence-corrected chi connectivity index (χ4v) is 3.78. The minimum absolute atomic E-state index is 0.137. The molecule has 6 nitrogen and oxygen atoms in total. The van der Waals surface area contributed by atoms with Crippen LogP contribution in [0.4, 0.5) is 5.69 Å². The molecular formula is C24H24N4O2S. The van der Waals surface area contributed by atoms with Crippen LogP contribution in [0.2, 0.25) is 0 Å². The van der Waals surface area contributed by atoms with Crippen LogP contribution in [0.5, 0.6) is 5.75 Å². The summed E-state index contributed by atoms with van der Waals surface area (Å²) in [6.07, 6.45) is 5.45. The average Bonchev–Trinajstić information content (AvgIpc) is 2.78. The Hall–Kier alpha value is -3.37. The molecule has 0 bridgehead atoms. The molecule has 2 heterocycles. The molecule has 0 atom stereocenters. The summed E-state index contributed by atoms with van der Waals surface area (Å²) in [6, 6.07) is 15.2. The number of rotatable bonds is 9. The van der Waals surface area contributed by atoms with Crippen molar-refractivity contribution in [1.29, 1.82) is 5.26 Å². The molecule has 1 aromatic carbocycles. The van der Waals surface area contributed by atoms with Crippen LogP contribution in [-0.2, 0) is 4.79 Å². The Kier molecular flexibility index (Phi) is 8.02. The molecule has 0 saturated heterocycles. The van der Waals surface area contributed by atoms with Gasteiger partial charge in [-0.2, -0.15) is 5.26 Å². The average molecular weight is 433 g/mol. The van der Waals surface area contributed by atoms with Crippen LogP contribution in [0.3, 0.4) is 0 Å². The zero-order chi connectivity index (χ0) is 22.1. The van der Waals surface area contributed by atoms with Gasteiger partial charge in [0, 0.05) is 41.0 Å². The van der Waals surface area contributed by atoms with Gasteiger partial charge in [0.15, 0.2) is 0 Å². The van der Waals surface area contributed by atoms with Crippen LogP contribution >= 0.6 is 11.8 Å². The molecule has 3 rings (SSSR count). The van der Waals surface area contributed by atoms with E-state index in [-0.39, 0.29) is 11.7 Å². The van der Waals surface area contributed by atoms with Crippen LogP contribution in [0.15, 0.2) is 59.9 Å². The number of unbranched alkanes of at least 4 members (excludes halogenated alkanes) is 1. The van der Waals surface area contributed by atoms with E-state index in [2.05, 4.69) is 28.3 Å². The molecular weight excluding hydrogens is 408 g/mol. The molecule has 0 saturated carbocycles. The molecule has 158 valence electrons. The number of anilines is 1. The maximum Gasteiger partial charge on any atom is 0.234 e. The monoisotopic (exact) mass is 432 g/mol. The van der Waals surface area contributed by atoms with Gasteiger partial charge in [-0.25, -0.2) is 4.98 Å². The van der Waals surface area contributed by atoms with Crippen molar-refractivity contribution in [2.45, 2.75) is 31.7 Å². The first-order valence-electron chi connectivity index (χ1n) is 10.1. The van der Waals surface area contributed by atoms with Gasteiger partial charge in [-0.05, 0) is 37.6 Å². The number of carbonyl (C=O) groups is 1. The normalized spacial score (nSPS) is 10.4. The Morgan fingerprint density at radius 2 is 2.13 bits per heavy atom. The number of benzene rings is 1. The van der Waals surface area contributed by atoms with Crippen LogP contribution < -0.4 is 10.1 Å². The van der Waals surface area contributed by atoms with E-state index in [1.807, 2.05) is 49.4 Å². The van der Waals surface area contributed by atoms with Crippen LogP contribution in [0, 0.1) is 18.3 Å². The number of hydrogen-bond donors (Lipinski definition) is 1. The summed E-state index contributed by atoms with van der Waals surface area (Å²) in [4.78, 5) is 21.1. The number of nitriles is 1. The number of nitrogens with one attached hydrogen (secondary N) is 1. The summed E-state index contributed by atoms with van der Waals surface area (Å²) in [6.45, 7) is 4.63. The lowest BCUT2D eigenvalue weighted by molar-refractivity contribution is -0.113. The number of ether oxygens (including phenoxy) is 1. The topological polar surface area (TPSA) is 87.9 Å². The van der Waals surface area contributed by atoms with Gasteiger partial charge in [-0.15, -0.1) is 0 Å². The number of aromatic nitrogens is 2. The lowest BCUT2D eigenvalue weighted by Gasteiger charge is -2.11. The second-order valence-corrected chi connectivity index (χ2v) is 7.88. The van der Waals surface area contributed by atoms with Gasteiger partial charge in [0.1, 0.15) is 16.8 Å². The molecule has 1 N–H and O–H groups in total. The molecule has 0 aliphatic heterocycles. The summed E-state index contributed by atoms with van der Waals surface area (Å²) in [5.74, 6) is 0.691. The van der Waals surface area contributed by atoms with Crippen LogP contribution in [0.25, 0.3) is 11.1 Å². The van der Waals surface area contributed by atoms with Crippen molar-refractivity contribution in [2.75, 3.05) is 17.7 Å². The molecule has 1 amide bonds. The van der Waals surface area contributed by atoms with E-state index in [0.717, 1.165) is 35.4 Å². The fraction of sp³-hybridized carbons (Fsp3) is 0.250. The Bertz CT molecular complexity index is 1080. The third-order valence-electron chi connectivity index (χ3n) is 4.42. The van der Waals surface area contributed by atoms with Crippen molar-refractivity contribution >= 4 is 23.4 Å². The van der Waals surface area contributed by atoms with Gasteiger partial charge in [0.05, 0.1) is 17.9 Å². The summed E-state index contributed by atoms with van der Waals surface area (Å²) in [5, 5.41) is 13.1. The molecule has 0 fully saturated rings. The highest BCUT2D eigenvalue weighted by Gasteiger charge is 2.15. The molecule has 0 aliphatic carbocycles. The second kappa shape index (κ2) is 11.1. The van der Waals surface area contributed by atoms with E-state index in [1.165, 1.54) is 11.8 Å². The van der Waals surface area contributed by atoms with E-state index in [0.29, 0.717) is 22.9 Å². The van der Waals surface area contributed by atoms with Gasteiger partial charge in [0.2, 0.25) is 5.91 Å². The van der Waals surface area contributed by atoms with Gasteiger partial charge in [-0.3, -0.25) is 9.78 Å². The first-order valence-corrected chi connectivity index (χ1v) is 11.1. The quantitative estimate of drug-likeness (QED) is 0.368. The van der Waals surface area contributed by atoms with Crippen molar-refractivity contribution in [2.24, 2.45) is 0 Å². The Morgan fingerprint density at radius 3 is 2.87 bits per heavy atom. The van der Waals surface area contributed by atoms with Crippen molar-refractivity contribution in [3.05, 3.63) is 66.1 Å². The maximum absolute atomic E-state index is 12.5. The Morgan fingerprint density at radius 1 is 1.26 bits per heavy atom. The predicted octanol–water partition coefficient (Wildman–Crippen LogP) is 5.23. The Labute approximate surface area is 186 Å². The highest BCUT2D eigenvalue weighted by atomic mass is 32.2. The highest BCUT2D eigenvalue weighted by Crippen LogP contribution is 2.30. The lowest BCUT2D eigenvalue weighted by atomic mass is 10.0.